The van der Waals surface area contributed by atoms with Crippen molar-refractivity contribution in [3.05, 3.63) is 41.0 Å². The van der Waals surface area contributed by atoms with Gasteiger partial charge in [-0.3, -0.25) is 9.78 Å². The SMILES string of the molecule is Cc1cc(Nc2nc(N[C@H](CCCO)[C@H](C)N)c(F)cc2C(N)=O)cnc1C. The van der Waals surface area contributed by atoms with Crippen LogP contribution < -0.4 is 22.1 Å². The normalized spacial score (nSPS) is 13.1. The summed E-state index contributed by atoms with van der Waals surface area (Å²) in [5.74, 6) is -1.45. The van der Waals surface area contributed by atoms with E-state index in [1.165, 1.54) is 0 Å². The molecule has 0 unspecified atom stereocenters. The third kappa shape index (κ3) is 5.37. The molecule has 2 rings (SSSR count). The number of hydrogen-bond donors (Lipinski definition) is 5. The molecule has 0 aliphatic heterocycles. The van der Waals surface area contributed by atoms with Gasteiger partial charge in [-0.25, -0.2) is 9.37 Å². The van der Waals surface area contributed by atoms with Gasteiger partial charge in [0, 0.05) is 24.4 Å². The second kappa shape index (κ2) is 9.43. The van der Waals surface area contributed by atoms with Gasteiger partial charge in [-0.2, -0.15) is 0 Å². The Kier molecular flexibility index (Phi) is 7.24. The molecule has 0 saturated carbocycles. The van der Waals surface area contributed by atoms with Crippen molar-refractivity contribution in [2.75, 3.05) is 17.2 Å². The average Bonchev–Trinajstić information content (AvgIpc) is 2.63. The van der Waals surface area contributed by atoms with Gasteiger partial charge in [0.1, 0.15) is 5.82 Å². The first-order valence-corrected chi connectivity index (χ1v) is 9.06. The van der Waals surface area contributed by atoms with Gasteiger partial charge in [0.2, 0.25) is 0 Å². The minimum absolute atomic E-state index is 0.00794. The van der Waals surface area contributed by atoms with E-state index in [2.05, 4.69) is 20.6 Å². The van der Waals surface area contributed by atoms with Gasteiger partial charge >= 0.3 is 0 Å². The highest BCUT2D eigenvalue weighted by Crippen LogP contribution is 2.25. The van der Waals surface area contributed by atoms with Crippen molar-refractivity contribution < 1.29 is 14.3 Å². The zero-order valence-electron chi connectivity index (χ0n) is 16.3. The number of amides is 1. The molecule has 1 amide bonds. The number of pyridine rings is 2. The van der Waals surface area contributed by atoms with E-state index in [4.69, 9.17) is 16.6 Å². The number of primary amides is 1. The molecule has 0 aromatic carbocycles. The van der Waals surface area contributed by atoms with Crippen molar-refractivity contribution in [3.63, 3.8) is 0 Å². The molecule has 9 heteroatoms. The van der Waals surface area contributed by atoms with Crippen LogP contribution >= 0.6 is 0 Å². The highest BCUT2D eigenvalue weighted by Gasteiger charge is 2.20. The number of hydrogen-bond acceptors (Lipinski definition) is 7. The molecule has 2 atom stereocenters. The number of carbonyl (C=O) groups excluding carboxylic acids is 1. The molecule has 0 aliphatic rings. The zero-order chi connectivity index (χ0) is 20.8. The maximum atomic E-state index is 14.5. The molecule has 8 nitrogen and oxygen atoms in total. The Morgan fingerprint density at radius 1 is 1.32 bits per heavy atom. The summed E-state index contributed by atoms with van der Waals surface area (Å²) in [6.07, 6.45) is 2.65. The first-order valence-electron chi connectivity index (χ1n) is 9.06. The van der Waals surface area contributed by atoms with Crippen molar-refractivity contribution >= 4 is 23.2 Å². The molecule has 0 fully saturated rings. The summed E-state index contributed by atoms with van der Waals surface area (Å²) in [6.45, 7) is 5.58. The van der Waals surface area contributed by atoms with Crippen LogP contribution in [0.1, 0.15) is 41.4 Å². The van der Waals surface area contributed by atoms with E-state index in [9.17, 15) is 9.18 Å². The van der Waals surface area contributed by atoms with Crippen LogP contribution in [0, 0.1) is 19.7 Å². The molecule has 28 heavy (non-hydrogen) atoms. The van der Waals surface area contributed by atoms with Gasteiger partial charge in [0.25, 0.3) is 5.91 Å². The first kappa shape index (κ1) is 21.5. The highest BCUT2D eigenvalue weighted by atomic mass is 19.1. The summed E-state index contributed by atoms with van der Waals surface area (Å²) in [5.41, 5.74) is 13.7. The topological polar surface area (TPSA) is 139 Å². The second-order valence-electron chi connectivity index (χ2n) is 6.81. The summed E-state index contributed by atoms with van der Waals surface area (Å²) >= 11 is 0. The van der Waals surface area contributed by atoms with Crippen molar-refractivity contribution in [3.8, 4) is 0 Å². The van der Waals surface area contributed by atoms with Crippen LogP contribution in [0.15, 0.2) is 18.3 Å². The van der Waals surface area contributed by atoms with Gasteiger partial charge in [0.05, 0.1) is 17.4 Å². The van der Waals surface area contributed by atoms with Crippen molar-refractivity contribution in [2.45, 2.75) is 45.7 Å². The molecular weight excluding hydrogens is 363 g/mol. The molecule has 2 aromatic heterocycles. The Hall–Kier alpha value is -2.78. The maximum Gasteiger partial charge on any atom is 0.252 e. The maximum absolute atomic E-state index is 14.5. The lowest BCUT2D eigenvalue weighted by molar-refractivity contribution is 0.100. The lowest BCUT2D eigenvalue weighted by atomic mass is 10.1. The standard InChI is InChI=1S/C19H27FN6O2/c1-10-7-13(9-23-12(10)3)24-18-14(17(22)28)8-15(20)19(26-18)25-16(11(2)21)5-4-6-27/h7-9,11,16,27H,4-6,21H2,1-3H3,(H2,22,28)(H2,24,25,26)/t11-,16+/m0/s1. The van der Waals surface area contributed by atoms with Crippen molar-refractivity contribution in [1.82, 2.24) is 9.97 Å². The number of aromatic nitrogens is 2. The number of aryl methyl sites for hydroxylation is 2. The number of nitrogens with zero attached hydrogens (tertiary/aromatic N) is 2. The predicted octanol–water partition coefficient (Wildman–Crippen LogP) is 1.98. The van der Waals surface area contributed by atoms with E-state index in [0.29, 0.717) is 18.5 Å². The van der Waals surface area contributed by atoms with E-state index < -0.39 is 11.7 Å². The van der Waals surface area contributed by atoms with Gasteiger partial charge < -0.3 is 27.2 Å². The number of anilines is 3. The van der Waals surface area contributed by atoms with E-state index in [-0.39, 0.29) is 35.9 Å². The monoisotopic (exact) mass is 390 g/mol. The van der Waals surface area contributed by atoms with Crippen LogP contribution in [0.2, 0.25) is 0 Å². The minimum atomic E-state index is -0.804. The van der Waals surface area contributed by atoms with Crippen LogP contribution in [0.3, 0.4) is 0 Å². The molecular formula is C19H27FN6O2. The number of aliphatic hydroxyl groups excluding tert-OH is 1. The van der Waals surface area contributed by atoms with E-state index in [1.807, 2.05) is 19.9 Å². The van der Waals surface area contributed by atoms with Crippen LogP contribution in [-0.4, -0.2) is 39.7 Å². The Labute approximate surface area is 163 Å². The molecule has 7 N–H and O–H groups in total. The summed E-state index contributed by atoms with van der Waals surface area (Å²) in [5, 5.41) is 15.0. The Morgan fingerprint density at radius 2 is 2.04 bits per heavy atom. The van der Waals surface area contributed by atoms with Gasteiger partial charge in [-0.05, 0) is 51.3 Å². The van der Waals surface area contributed by atoms with E-state index in [1.54, 1.807) is 13.1 Å². The molecule has 152 valence electrons. The molecule has 0 spiro atoms. The molecule has 0 bridgehead atoms. The number of nitrogens with two attached hydrogens (primary N) is 2. The number of halogens is 1. The molecule has 0 saturated heterocycles. The largest absolute Gasteiger partial charge is 0.396 e. The predicted molar refractivity (Wildman–Crippen MR) is 107 cm³/mol. The van der Waals surface area contributed by atoms with Gasteiger partial charge in [-0.1, -0.05) is 0 Å². The molecule has 2 heterocycles. The molecule has 0 radical (unpaired) electrons. The third-order valence-electron chi connectivity index (χ3n) is 4.47. The second-order valence-corrected chi connectivity index (χ2v) is 6.81. The van der Waals surface area contributed by atoms with Gasteiger partial charge in [0.15, 0.2) is 11.6 Å². The summed E-state index contributed by atoms with van der Waals surface area (Å²) in [6, 6.07) is 2.28. The van der Waals surface area contributed by atoms with Crippen molar-refractivity contribution in [2.24, 2.45) is 11.5 Å². The quantitative estimate of drug-likeness (QED) is 0.441. The van der Waals surface area contributed by atoms with E-state index >= 15 is 0 Å². The van der Waals surface area contributed by atoms with Crippen LogP contribution in [0.25, 0.3) is 0 Å². The van der Waals surface area contributed by atoms with Crippen molar-refractivity contribution in [1.29, 1.82) is 0 Å². The number of rotatable bonds is 9. The highest BCUT2D eigenvalue weighted by molar-refractivity contribution is 5.98. The molecule has 0 aliphatic carbocycles. The Bertz CT molecular complexity index is 843. The smallest absolute Gasteiger partial charge is 0.252 e. The van der Waals surface area contributed by atoms with Crippen LogP contribution in [0.4, 0.5) is 21.7 Å². The molecule has 2 aromatic rings. The van der Waals surface area contributed by atoms with E-state index in [0.717, 1.165) is 17.3 Å². The summed E-state index contributed by atoms with van der Waals surface area (Å²) in [4.78, 5) is 20.2. The average molecular weight is 390 g/mol. The number of nitrogens with one attached hydrogen (secondary N) is 2. The fraction of sp³-hybridized carbons (Fsp3) is 0.421. The number of carbonyl (C=O) groups is 1. The summed E-state index contributed by atoms with van der Waals surface area (Å²) in [7, 11) is 0. The van der Waals surface area contributed by atoms with Crippen LogP contribution in [0.5, 0.6) is 0 Å². The van der Waals surface area contributed by atoms with Crippen LogP contribution in [-0.2, 0) is 0 Å². The minimum Gasteiger partial charge on any atom is -0.396 e. The summed E-state index contributed by atoms with van der Waals surface area (Å²) < 4.78 is 14.5. The zero-order valence-corrected chi connectivity index (χ0v) is 16.3. The third-order valence-corrected chi connectivity index (χ3v) is 4.47. The first-order chi connectivity index (χ1) is 13.2. The Morgan fingerprint density at radius 3 is 2.61 bits per heavy atom. The lowest BCUT2D eigenvalue weighted by Gasteiger charge is -2.23. The fourth-order valence-corrected chi connectivity index (χ4v) is 2.67. The number of aliphatic hydroxyl groups is 1. The fourth-order valence-electron chi connectivity index (χ4n) is 2.67. The van der Waals surface area contributed by atoms with Gasteiger partial charge in [-0.15, -0.1) is 0 Å². The Balaban J connectivity index is 2.38. The lowest BCUT2D eigenvalue weighted by Crippen LogP contribution is -2.38.